The van der Waals surface area contributed by atoms with Gasteiger partial charge < -0.3 is 4.90 Å². The van der Waals surface area contributed by atoms with Gasteiger partial charge >= 0.3 is 0 Å². The molecule has 0 N–H and O–H groups in total. The van der Waals surface area contributed by atoms with E-state index in [9.17, 15) is 13.2 Å². The minimum absolute atomic E-state index is 0. The van der Waals surface area contributed by atoms with Gasteiger partial charge in [-0.05, 0) is 31.7 Å². The van der Waals surface area contributed by atoms with Crippen molar-refractivity contribution in [2.24, 2.45) is 0 Å². The molecule has 0 spiro atoms. The smallest absolute Gasteiger partial charge is 0.243 e. The van der Waals surface area contributed by atoms with Gasteiger partial charge in [0.05, 0.1) is 10.9 Å². The maximum absolute atomic E-state index is 13.2. The molecule has 1 unspecified atom stereocenters. The summed E-state index contributed by atoms with van der Waals surface area (Å²) in [5, 5.41) is 0. The number of Topliss-reactive ketones (excluding diaryl/α,β-unsaturated/α-hetero) is 1. The Hall–Kier alpha value is -1.73. The van der Waals surface area contributed by atoms with Crippen LogP contribution in [0.4, 0.5) is 0 Å². The molecule has 0 amide bonds. The Bertz CT molecular complexity index is 871. The number of carbonyl (C=O) groups is 1. The third-order valence-electron chi connectivity index (χ3n) is 4.57. The van der Waals surface area contributed by atoms with E-state index in [1.807, 2.05) is 37.4 Å². The lowest BCUT2D eigenvalue weighted by molar-refractivity contribution is 0.101. The highest BCUT2D eigenvalue weighted by molar-refractivity contribution is 7.89. The van der Waals surface area contributed by atoms with Crippen molar-refractivity contribution in [3.05, 3.63) is 65.7 Å². The van der Waals surface area contributed by atoms with Crippen LogP contribution in [-0.2, 0) is 10.0 Å². The van der Waals surface area contributed by atoms with Crippen molar-refractivity contribution in [2.45, 2.75) is 17.9 Å². The number of benzene rings is 2. The zero-order valence-corrected chi connectivity index (χ0v) is 16.5. The van der Waals surface area contributed by atoms with E-state index in [2.05, 4.69) is 4.90 Å². The number of rotatable bonds is 4. The molecule has 0 aliphatic carbocycles. The van der Waals surface area contributed by atoms with Crippen molar-refractivity contribution in [2.75, 3.05) is 26.7 Å². The number of nitrogens with zero attached hydrogens (tertiary/aromatic N) is 2. The number of sulfonamides is 1. The van der Waals surface area contributed by atoms with Crippen LogP contribution in [0, 0.1) is 0 Å². The van der Waals surface area contributed by atoms with Crippen LogP contribution >= 0.6 is 12.4 Å². The molecular formula is C19H23ClN2O3S. The highest BCUT2D eigenvalue weighted by atomic mass is 35.5. The van der Waals surface area contributed by atoms with Gasteiger partial charge in [-0.15, -0.1) is 12.4 Å². The number of halogens is 1. The van der Waals surface area contributed by atoms with E-state index in [4.69, 9.17) is 0 Å². The minimum Gasteiger partial charge on any atom is -0.303 e. The van der Waals surface area contributed by atoms with E-state index in [-0.39, 0.29) is 29.1 Å². The Morgan fingerprint density at radius 3 is 2.38 bits per heavy atom. The average Bonchev–Trinajstić information content (AvgIpc) is 2.62. The lowest BCUT2D eigenvalue weighted by atomic mass is 10.1. The largest absolute Gasteiger partial charge is 0.303 e. The summed E-state index contributed by atoms with van der Waals surface area (Å²) in [5.74, 6) is -0.143. The lowest BCUT2D eigenvalue weighted by Crippen LogP contribution is -2.49. The van der Waals surface area contributed by atoms with E-state index in [1.54, 1.807) is 22.5 Å². The van der Waals surface area contributed by atoms with Gasteiger partial charge in [0.25, 0.3) is 0 Å². The SMILES string of the molecule is CC(=O)c1cccc(S(=O)(=O)N2CCN(C)CC2c2ccccc2)c1.Cl. The van der Waals surface area contributed by atoms with Crippen LogP contribution < -0.4 is 0 Å². The van der Waals surface area contributed by atoms with Crippen molar-refractivity contribution in [1.29, 1.82) is 0 Å². The van der Waals surface area contributed by atoms with Crippen LogP contribution in [0.5, 0.6) is 0 Å². The van der Waals surface area contributed by atoms with Gasteiger partial charge in [0.15, 0.2) is 5.78 Å². The first-order valence-corrected chi connectivity index (χ1v) is 9.70. The predicted octanol–water partition coefficient (Wildman–Crippen LogP) is 2.99. The van der Waals surface area contributed by atoms with E-state index in [0.29, 0.717) is 25.2 Å². The van der Waals surface area contributed by atoms with Crippen LogP contribution in [0.1, 0.15) is 28.9 Å². The lowest BCUT2D eigenvalue weighted by Gasteiger charge is -2.39. The van der Waals surface area contributed by atoms with Crippen molar-refractivity contribution >= 4 is 28.2 Å². The molecule has 0 bridgehead atoms. The fourth-order valence-electron chi connectivity index (χ4n) is 3.15. The summed E-state index contributed by atoms with van der Waals surface area (Å²) in [6, 6.07) is 15.7. The highest BCUT2D eigenvalue weighted by Crippen LogP contribution is 2.31. The molecular weight excluding hydrogens is 372 g/mol. The molecule has 2 aromatic rings. The van der Waals surface area contributed by atoms with E-state index in [1.165, 1.54) is 13.0 Å². The highest BCUT2D eigenvalue weighted by Gasteiger charge is 2.36. The van der Waals surface area contributed by atoms with Crippen LogP contribution in [0.15, 0.2) is 59.5 Å². The monoisotopic (exact) mass is 394 g/mol. The normalized spacial score (nSPS) is 18.9. The molecule has 0 saturated carbocycles. The molecule has 2 aromatic carbocycles. The van der Waals surface area contributed by atoms with Crippen LogP contribution in [0.3, 0.4) is 0 Å². The van der Waals surface area contributed by atoms with E-state index in [0.717, 1.165) is 5.56 Å². The van der Waals surface area contributed by atoms with Gasteiger partial charge in [0.1, 0.15) is 0 Å². The summed E-state index contributed by atoms with van der Waals surface area (Å²) >= 11 is 0. The first-order valence-electron chi connectivity index (χ1n) is 8.26. The van der Waals surface area contributed by atoms with Crippen LogP contribution in [-0.4, -0.2) is 50.1 Å². The number of likely N-dealkylation sites (N-methyl/N-ethyl adjacent to an activating group) is 1. The average molecular weight is 395 g/mol. The fourth-order valence-corrected chi connectivity index (χ4v) is 4.79. The summed E-state index contributed by atoms with van der Waals surface area (Å²) < 4.78 is 28.1. The molecule has 1 saturated heterocycles. The molecule has 3 rings (SSSR count). The zero-order valence-electron chi connectivity index (χ0n) is 14.8. The number of hydrogen-bond acceptors (Lipinski definition) is 4. The summed E-state index contributed by atoms with van der Waals surface area (Å²) in [4.78, 5) is 13.9. The molecule has 140 valence electrons. The summed E-state index contributed by atoms with van der Waals surface area (Å²) in [7, 11) is -1.69. The zero-order chi connectivity index (χ0) is 18.0. The number of piperazine rings is 1. The Kier molecular flexibility index (Phi) is 6.58. The third-order valence-corrected chi connectivity index (χ3v) is 6.47. The molecule has 5 nitrogen and oxygen atoms in total. The Morgan fingerprint density at radius 2 is 1.73 bits per heavy atom. The number of carbonyl (C=O) groups excluding carboxylic acids is 1. The van der Waals surface area contributed by atoms with Gasteiger partial charge in [-0.1, -0.05) is 42.5 Å². The van der Waals surface area contributed by atoms with Gasteiger partial charge in [-0.2, -0.15) is 4.31 Å². The van der Waals surface area contributed by atoms with Crippen LogP contribution in [0.2, 0.25) is 0 Å². The summed E-state index contributed by atoms with van der Waals surface area (Å²) in [6.07, 6.45) is 0. The van der Waals surface area contributed by atoms with E-state index >= 15 is 0 Å². The minimum atomic E-state index is -3.68. The molecule has 0 radical (unpaired) electrons. The Morgan fingerprint density at radius 1 is 1.04 bits per heavy atom. The predicted molar refractivity (Wildman–Crippen MR) is 104 cm³/mol. The van der Waals surface area contributed by atoms with Crippen molar-refractivity contribution in [1.82, 2.24) is 9.21 Å². The van der Waals surface area contributed by atoms with Crippen molar-refractivity contribution in [3.63, 3.8) is 0 Å². The van der Waals surface area contributed by atoms with Crippen molar-refractivity contribution < 1.29 is 13.2 Å². The van der Waals surface area contributed by atoms with Crippen LogP contribution in [0.25, 0.3) is 0 Å². The van der Waals surface area contributed by atoms with E-state index < -0.39 is 10.0 Å². The van der Waals surface area contributed by atoms with Gasteiger partial charge in [0, 0.05) is 25.2 Å². The summed E-state index contributed by atoms with van der Waals surface area (Å²) in [6.45, 7) is 3.17. The molecule has 1 atom stereocenters. The van der Waals surface area contributed by atoms with Gasteiger partial charge in [-0.3, -0.25) is 4.79 Å². The molecule has 26 heavy (non-hydrogen) atoms. The molecule has 1 aliphatic heterocycles. The summed E-state index contributed by atoms with van der Waals surface area (Å²) in [5.41, 5.74) is 1.38. The molecule has 1 aliphatic rings. The maximum atomic E-state index is 13.2. The topological polar surface area (TPSA) is 57.7 Å². The molecule has 0 aromatic heterocycles. The quantitative estimate of drug-likeness (QED) is 0.748. The second kappa shape index (κ2) is 8.31. The molecule has 1 heterocycles. The second-order valence-electron chi connectivity index (χ2n) is 6.39. The first kappa shape index (κ1) is 20.6. The van der Waals surface area contributed by atoms with Gasteiger partial charge in [0.2, 0.25) is 10.0 Å². The molecule has 1 fully saturated rings. The van der Waals surface area contributed by atoms with Gasteiger partial charge in [-0.25, -0.2) is 8.42 Å². The Labute approximate surface area is 161 Å². The molecule has 7 heteroatoms. The first-order chi connectivity index (χ1) is 11.9. The Balaban J connectivity index is 0.00000243. The second-order valence-corrected chi connectivity index (χ2v) is 8.28. The standard InChI is InChI=1S/C19H22N2O3S.ClH/c1-15(22)17-9-6-10-18(13-17)25(23,24)21-12-11-20(2)14-19(21)16-7-4-3-5-8-16;/h3-10,13,19H,11-12,14H2,1-2H3;1H. The number of ketones is 1. The third kappa shape index (κ3) is 4.15. The van der Waals surface area contributed by atoms with Crippen molar-refractivity contribution in [3.8, 4) is 0 Å². The maximum Gasteiger partial charge on any atom is 0.243 e. The number of hydrogen-bond donors (Lipinski definition) is 0. The fraction of sp³-hybridized carbons (Fsp3) is 0.316.